The van der Waals surface area contributed by atoms with Crippen LogP contribution in [-0.2, 0) is 0 Å². The van der Waals surface area contributed by atoms with Gasteiger partial charge < -0.3 is 15.5 Å². The Morgan fingerprint density at radius 1 is 0.885 bits per heavy atom. The Hall–Kier alpha value is -3.60. The summed E-state index contributed by atoms with van der Waals surface area (Å²) in [5.41, 5.74) is 8.55. The number of hydrogen-bond acceptors (Lipinski definition) is 2. The van der Waals surface area contributed by atoms with Crippen molar-refractivity contribution in [3.05, 3.63) is 84.2 Å². The van der Waals surface area contributed by atoms with Gasteiger partial charge in [-0.2, -0.15) is 0 Å². The van der Waals surface area contributed by atoms with Crippen molar-refractivity contribution >= 4 is 16.8 Å². The van der Waals surface area contributed by atoms with Crippen molar-refractivity contribution < 1.29 is 13.9 Å². The normalized spacial score (nSPS) is 10.8. The van der Waals surface area contributed by atoms with Crippen molar-refractivity contribution in [1.82, 2.24) is 4.98 Å². The van der Waals surface area contributed by atoms with E-state index in [1.54, 1.807) is 24.3 Å². The molecule has 0 radical (unpaired) electrons. The van der Waals surface area contributed by atoms with E-state index in [0.29, 0.717) is 17.1 Å². The zero-order valence-corrected chi connectivity index (χ0v) is 13.7. The maximum atomic E-state index is 12.9. The molecule has 5 heteroatoms. The number of benzene rings is 3. The lowest BCUT2D eigenvalue weighted by Gasteiger charge is -2.06. The van der Waals surface area contributed by atoms with E-state index in [1.165, 1.54) is 12.1 Å². The van der Waals surface area contributed by atoms with Crippen LogP contribution in [0.15, 0.2) is 72.8 Å². The van der Waals surface area contributed by atoms with Crippen LogP contribution in [0.4, 0.5) is 4.39 Å². The molecule has 1 heterocycles. The Labute approximate surface area is 149 Å². The molecule has 0 aliphatic carbocycles. The van der Waals surface area contributed by atoms with Crippen LogP contribution in [0.1, 0.15) is 10.4 Å². The fraction of sp³-hybridized carbons (Fsp3) is 0. The molecule has 0 aliphatic heterocycles. The summed E-state index contributed by atoms with van der Waals surface area (Å²) in [5.74, 6) is 0.479. The SMILES string of the molecule is NC(=O)c1ccc2cc(-c3ccc(Oc4ccc(F)cc4)cc3)[nH]c2c1. The van der Waals surface area contributed by atoms with Crippen LogP contribution in [0.5, 0.6) is 11.5 Å². The number of aromatic amines is 1. The van der Waals surface area contributed by atoms with Gasteiger partial charge in [-0.1, -0.05) is 6.07 Å². The molecule has 26 heavy (non-hydrogen) atoms. The summed E-state index contributed by atoms with van der Waals surface area (Å²) in [6.07, 6.45) is 0. The van der Waals surface area contributed by atoms with Gasteiger partial charge in [0.25, 0.3) is 0 Å². The average molecular weight is 346 g/mol. The first kappa shape index (κ1) is 15.9. The first-order valence-electron chi connectivity index (χ1n) is 8.05. The molecule has 0 spiro atoms. The number of H-pyrrole nitrogens is 1. The van der Waals surface area contributed by atoms with E-state index < -0.39 is 5.91 Å². The van der Waals surface area contributed by atoms with Gasteiger partial charge in [0, 0.05) is 22.2 Å². The van der Waals surface area contributed by atoms with Crippen molar-refractivity contribution in [2.24, 2.45) is 5.73 Å². The molecule has 0 unspecified atom stereocenters. The van der Waals surface area contributed by atoms with Crippen LogP contribution in [0, 0.1) is 5.82 Å². The molecule has 0 atom stereocenters. The molecule has 4 nitrogen and oxygen atoms in total. The van der Waals surface area contributed by atoms with Crippen LogP contribution >= 0.6 is 0 Å². The zero-order valence-electron chi connectivity index (χ0n) is 13.7. The maximum absolute atomic E-state index is 12.9. The lowest BCUT2D eigenvalue weighted by Crippen LogP contribution is -2.10. The first-order valence-corrected chi connectivity index (χ1v) is 8.05. The fourth-order valence-corrected chi connectivity index (χ4v) is 2.78. The van der Waals surface area contributed by atoms with Gasteiger partial charge in [0.15, 0.2) is 0 Å². The Balaban J connectivity index is 1.59. The van der Waals surface area contributed by atoms with E-state index in [0.717, 1.165) is 22.2 Å². The maximum Gasteiger partial charge on any atom is 0.248 e. The Morgan fingerprint density at radius 2 is 1.54 bits per heavy atom. The van der Waals surface area contributed by atoms with E-state index in [1.807, 2.05) is 36.4 Å². The highest BCUT2D eigenvalue weighted by atomic mass is 19.1. The summed E-state index contributed by atoms with van der Waals surface area (Å²) in [6, 6.07) is 20.7. The van der Waals surface area contributed by atoms with Gasteiger partial charge in [0.05, 0.1) is 0 Å². The highest BCUT2D eigenvalue weighted by Crippen LogP contribution is 2.28. The van der Waals surface area contributed by atoms with E-state index in [9.17, 15) is 9.18 Å². The predicted molar refractivity (Wildman–Crippen MR) is 98.7 cm³/mol. The van der Waals surface area contributed by atoms with Gasteiger partial charge in [-0.15, -0.1) is 0 Å². The number of aromatic nitrogens is 1. The van der Waals surface area contributed by atoms with E-state index in [2.05, 4.69) is 4.98 Å². The second-order valence-electron chi connectivity index (χ2n) is 5.93. The third-order valence-corrected chi connectivity index (χ3v) is 4.12. The number of nitrogens with two attached hydrogens (primary N) is 1. The van der Waals surface area contributed by atoms with Gasteiger partial charge in [-0.25, -0.2) is 4.39 Å². The minimum atomic E-state index is -0.453. The third kappa shape index (κ3) is 3.15. The molecule has 3 aromatic carbocycles. The number of amides is 1. The molecular formula is C21H15FN2O2. The van der Waals surface area contributed by atoms with Crippen molar-refractivity contribution in [3.63, 3.8) is 0 Å². The Morgan fingerprint density at radius 3 is 2.19 bits per heavy atom. The van der Waals surface area contributed by atoms with E-state index >= 15 is 0 Å². The summed E-state index contributed by atoms with van der Waals surface area (Å²) in [6.45, 7) is 0. The summed E-state index contributed by atoms with van der Waals surface area (Å²) in [5, 5.41) is 0.997. The van der Waals surface area contributed by atoms with Crippen LogP contribution in [0.3, 0.4) is 0 Å². The summed E-state index contributed by atoms with van der Waals surface area (Å²) in [7, 11) is 0. The number of primary amides is 1. The number of fused-ring (bicyclic) bond motifs is 1. The molecular weight excluding hydrogens is 331 g/mol. The fourth-order valence-electron chi connectivity index (χ4n) is 2.78. The molecule has 0 saturated carbocycles. The lowest BCUT2D eigenvalue weighted by atomic mass is 10.1. The Bertz CT molecular complexity index is 1080. The second kappa shape index (κ2) is 6.37. The predicted octanol–water partition coefficient (Wildman–Crippen LogP) is 4.87. The number of hydrogen-bond donors (Lipinski definition) is 2. The largest absolute Gasteiger partial charge is 0.457 e. The average Bonchev–Trinajstić information content (AvgIpc) is 3.07. The quantitative estimate of drug-likeness (QED) is 0.554. The van der Waals surface area contributed by atoms with Crippen molar-refractivity contribution in [2.45, 2.75) is 0 Å². The summed E-state index contributed by atoms with van der Waals surface area (Å²) < 4.78 is 18.6. The number of rotatable bonds is 4. The molecule has 3 N–H and O–H groups in total. The van der Waals surface area contributed by atoms with Crippen LogP contribution in [0.2, 0.25) is 0 Å². The lowest BCUT2D eigenvalue weighted by molar-refractivity contribution is 0.100. The number of carbonyl (C=O) groups excluding carboxylic acids is 1. The molecule has 0 saturated heterocycles. The zero-order chi connectivity index (χ0) is 18.1. The Kier molecular flexibility index (Phi) is 3.89. The molecule has 1 amide bonds. The minimum Gasteiger partial charge on any atom is -0.457 e. The molecule has 0 aliphatic rings. The van der Waals surface area contributed by atoms with E-state index in [-0.39, 0.29) is 5.82 Å². The van der Waals surface area contributed by atoms with Crippen molar-refractivity contribution in [1.29, 1.82) is 0 Å². The van der Waals surface area contributed by atoms with Crippen LogP contribution < -0.4 is 10.5 Å². The molecule has 0 fully saturated rings. The van der Waals surface area contributed by atoms with E-state index in [4.69, 9.17) is 10.5 Å². The number of halogens is 1. The summed E-state index contributed by atoms with van der Waals surface area (Å²) in [4.78, 5) is 14.6. The highest BCUT2D eigenvalue weighted by Gasteiger charge is 2.07. The van der Waals surface area contributed by atoms with Crippen molar-refractivity contribution in [3.8, 4) is 22.8 Å². The number of ether oxygens (including phenoxy) is 1. The smallest absolute Gasteiger partial charge is 0.248 e. The van der Waals surface area contributed by atoms with Gasteiger partial charge in [0.2, 0.25) is 5.91 Å². The van der Waals surface area contributed by atoms with Crippen LogP contribution in [-0.4, -0.2) is 10.9 Å². The first-order chi connectivity index (χ1) is 12.6. The molecule has 0 bridgehead atoms. The van der Waals surface area contributed by atoms with Crippen molar-refractivity contribution in [2.75, 3.05) is 0 Å². The van der Waals surface area contributed by atoms with Gasteiger partial charge in [-0.05, 0) is 72.3 Å². The number of nitrogens with one attached hydrogen (secondary N) is 1. The van der Waals surface area contributed by atoms with Gasteiger partial charge >= 0.3 is 0 Å². The molecule has 128 valence electrons. The minimum absolute atomic E-state index is 0.300. The third-order valence-electron chi connectivity index (χ3n) is 4.12. The van der Waals surface area contributed by atoms with Gasteiger partial charge in [-0.3, -0.25) is 4.79 Å². The highest BCUT2D eigenvalue weighted by molar-refractivity contribution is 5.97. The van der Waals surface area contributed by atoms with Gasteiger partial charge in [0.1, 0.15) is 17.3 Å². The molecule has 1 aromatic heterocycles. The monoisotopic (exact) mass is 346 g/mol. The summed E-state index contributed by atoms with van der Waals surface area (Å²) >= 11 is 0. The molecule has 4 aromatic rings. The number of carbonyl (C=O) groups is 1. The topological polar surface area (TPSA) is 68.1 Å². The van der Waals surface area contributed by atoms with Crippen LogP contribution in [0.25, 0.3) is 22.2 Å². The molecule has 4 rings (SSSR count). The standard InChI is InChI=1S/C21H15FN2O2/c22-16-5-9-18(10-6-16)26-17-7-3-13(4-8-17)19-11-14-1-2-15(21(23)25)12-20(14)24-19/h1-12,24H,(H2,23,25). The second-order valence-corrected chi connectivity index (χ2v) is 5.93.